The lowest BCUT2D eigenvalue weighted by Gasteiger charge is -2.48. The lowest BCUT2D eigenvalue weighted by Crippen LogP contribution is -2.35. The molecule has 2 unspecified atom stereocenters. The Kier molecular flexibility index (Phi) is 4.76. The molecule has 0 saturated heterocycles. The van der Waals surface area contributed by atoms with Crippen LogP contribution < -0.4 is 10.0 Å². The van der Waals surface area contributed by atoms with E-state index in [9.17, 15) is 0 Å². The van der Waals surface area contributed by atoms with Crippen molar-refractivity contribution in [1.29, 1.82) is 0 Å². The van der Waals surface area contributed by atoms with Crippen LogP contribution in [0.3, 0.4) is 0 Å². The van der Waals surface area contributed by atoms with Crippen molar-refractivity contribution in [3.63, 3.8) is 0 Å². The van der Waals surface area contributed by atoms with Crippen LogP contribution in [0.15, 0.2) is 24.3 Å². The second-order valence-electron chi connectivity index (χ2n) is 9.16. The number of rotatable bonds is 1. The normalized spacial score (nSPS) is 22.6. The van der Waals surface area contributed by atoms with E-state index < -0.39 is 0 Å². The maximum absolute atomic E-state index is 6.62. The van der Waals surface area contributed by atoms with E-state index >= 15 is 0 Å². The Balaban J connectivity index is 2.55. The summed E-state index contributed by atoms with van der Waals surface area (Å²) >= 11 is 0. The van der Waals surface area contributed by atoms with Gasteiger partial charge in [-0.05, 0) is 37.4 Å². The molecule has 0 N–H and O–H groups in total. The van der Waals surface area contributed by atoms with Crippen LogP contribution in [-0.4, -0.2) is 21.1 Å². The van der Waals surface area contributed by atoms with Gasteiger partial charge in [0.2, 0.25) is 0 Å². The fourth-order valence-electron chi connectivity index (χ4n) is 3.57. The Morgan fingerprint density at radius 2 is 1.36 bits per heavy atom. The molecule has 0 aliphatic carbocycles. The molecular formula is C19H32OP2. The van der Waals surface area contributed by atoms with Crippen molar-refractivity contribution in [2.75, 3.05) is 0 Å². The van der Waals surface area contributed by atoms with Crippen molar-refractivity contribution in [2.45, 2.75) is 83.4 Å². The van der Waals surface area contributed by atoms with Gasteiger partial charge in [-0.3, -0.25) is 0 Å². The van der Waals surface area contributed by atoms with Crippen molar-refractivity contribution in [2.24, 2.45) is 0 Å². The number of para-hydroxylation sites is 1. The summed E-state index contributed by atoms with van der Waals surface area (Å²) in [6.45, 7) is 21.5. The summed E-state index contributed by atoms with van der Waals surface area (Å²) in [5.41, 5.74) is 0.363. The molecular weight excluding hydrogens is 306 g/mol. The highest BCUT2D eigenvalue weighted by Gasteiger charge is 2.51. The summed E-state index contributed by atoms with van der Waals surface area (Å²) in [4.78, 5) is 0. The van der Waals surface area contributed by atoms with Gasteiger partial charge < -0.3 is 4.74 Å². The molecule has 1 heterocycles. The minimum Gasteiger partial charge on any atom is -0.481 e. The topological polar surface area (TPSA) is 9.23 Å². The average Bonchev–Trinajstić information content (AvgIpc) is 2.61. The second-order valence-corrected chi connectivity index (χ2v) is 16.5. The van der Waals surface area contributed by atoms with Crippen LogP contribution in [0.1, 0.15) is 62.3 Å². The van der Waals surface area contributed by atoms with E-state index in [1.54, 1.807) is 0 Å². The quantitative estimate of drug-likeness (QED) is 0.542. The molecule has 0 radical (unpaired) electrons. The van der Waals surface area contributed by atoms with Crippen molar-refractivity contribution in [3.8, 4) is 5.75 Å². The van der Waals surface area contributed by atoms with E-state index in [0.717, 1.165) is 5.75 Å². The van der Waals surface area contributed by atoms with Gasteiger partial charge in [0.15, 0.2) is 0 Å². The number of benzene rings is 1. The second kappa shape index (κ2) is 5.75. The number of fused-ring (bicyclic) bond motifs is 1. The van der Waals surface area contributed by atoms with Crippen molar-refractivity contribution in [3.05, 3.63) is 24.3 Å². The molecule has 0 saturated carbocycles. The summed E-state index contributed by atoms with van der Waals surface area (Å²) in [5.74, 6) is 1.13. The average molecular weight is 338 g/mol. The predicted octanol–water partition coefficient (Wildman–Crippen LogP) is 6.35. The molecule has 0 bridgehead atoms. The fraction of sp³-hybridized carbons (Fsp3) is 0.684. The summed E-state index contributed by atoms with van der Waals surface area (Å²) in [6, 6.07) is 8.73. The standard InChI is InChI=1S/C19H32OP2/c1-17(2,3)21-15-13-11-10-12-14(15)20-16(21)22(18(4,5)6)19(7,8)9/h10-13,16H,1-9H3. The third-order valence-corrected chi connectivity index (χ3v) is 11.7. The van der Waals surface area contributed by atoms with Gasteiger partial charge in [0.05, 0.1) is 0 Å². The van der Waals surface area contributed by atoms with Crippen LogP contribution in [0.4, 0.5) is 0 Å². The van der Waals surface area contributed by atoms with Crippen molar-refractivity contribution >= 4 is 21.1 Å². The zero-order valence-corrected chi connectivity index (χ0v) is 17.5. The first kappa shape index (κ1) is 18.2. The summed E-state index contributed by atoms with van der Waals surface area (Å²) in [6.07, 6.45) is 0. The summed E-state index contributed by atoms with van der Waals surface area (Å²) < 4.78 is 6.62. The van der Waals surface area contributed by atoms with Crippen LogP contribution in [0.2, 0.25) is 0 Å². The smallest absolute Gasteiger partial charge is 0.140 e. The van der Waals surface area contributed by atoms with E-state index in [4.69, 9.17) is 4.74 Å². The highest BCUT2D eigenvalue weighted by molar-refractivity contribution is 7.82. The lowest BCUT2D eigenvalue weighted by atomic mass is 10.2. The zero-order valence-electron chi connectivity index (χ0n) is 15.7. The van der Waals surface area contributed by atoms with Crippen LogP contribution in [0.25, 0.3) is 0 Å². The monoisotopic (exact) mass is 338 g/mol. The molecule has 1 aliphatic heterocycles. The first-order chi connectivity index (χ1) is 9.83. The third-order valence-electron chi connectivity index (χ3n) is 3.97. The summed E-state index contributed by atoms with van der Waals surface area (Å²) in [7, 11) is -0.614. The molecule has 1 aliphatic rings. The van der Waals surface area contributed by atoms with Gasteiger partial charge in [0, 0.05) is 5.30 Å². The molecule has 124 valence electrons. The first-order valence-corrected chi connectivity index (χ1v) is 11.0. The number of ether oxygens (including phenoxy) is 1. The molecule has 3 heteroatoms. The van der Waals surface area contributed by atoms with Gasteiger partial charge in [0.1, 0.15) is 11.3 Å². The Morgan fingerprint density at radius 1 is 0.864 bits per heavy atom. The van der Waals surface area contributed by atoms with Gasteiger partial charge >= 0.3 is 0 Å². The van der Waals surface area contributed by atoms with Gasteiger partial charge in [-0.25, -0.2) is 0 Å². The highest BCUT2D eigenvalue weighted by Crippen LogP contribution is 2.75. The van der Waals surface area contributed by atoms with Crippen LogP contribution >= 0.6 is 15.8 Å². The Labute approximate surface area is 139 Å². The number of hydrogen-bond donors (Lipinski definition) is 0. The van der Waals surface area contributed by atoms with Crippen LogP contribution in [-0.2, 0) is 0 Å². The van der Waals surface area contributed by atoms with Gasteiger partial charge in [-0.2, -0.15) is 0 Å². The lowest BCUT2D eigenvalue weighted by molar-refractivity contribution is 0.359. The molecule has 22 heavy (non-hydrogen) atoms. The van der Waals surface area contributed by atoms with Crippen molar-refractivity contribution in [1.82, 2.24) is 0 Å². The van der Waals surface area contributed by atoms with Gasteiger partial charge in [-0.15, -0.1) is 0 Å². The maximum Gasteiger partial charge on any atom is 0.140 e. The predicted molar refractivity (Wildman–Crippen MR) is 104 cm³/mol. The van der Waals surface area contributed by atoms with Gasteiger partial charge in [0.25, 0.3) is 0 Å². The molecule has 2 rings (SSSR count). The molecule has 2 atom stereocenters. The van der Waals surface area contributed by atoms with Crippen LogP contribution in [0, 0.1) is 0 Å². The number of hydrogen-bond acceptors (Lipinski definition) is 1. The maximum atomic E-state index is 6.62. The Morgan fingerprint density at radius 3 is 1.82 bits per heavy atom. The molecule has 1 aromatic rings. The van der Waals surface area contributed by atoms with E-state index in [1.165, 1.54) is 5.30 Å². The summed E-state index contributed by atoms with van der Waals surface area (Å²) in [5, 5.41) is 2.30. The molecule has 1 aromatic carbocycles. The highest BCUT2D eigenvalue weighted by atomic mass is 31.2. The molecule has 0 amide bonds. The fourth-order valence-corrected chi connectivity index (χ4v) is 14.0. The largest absolute Gasteiger partial charge is 0.481 e. The van der Waals surface area contributed by atoms with E-state index in [1.807, 2.05) is 0 Å². The minimum atomic E-state index is -0.327. The van der Waals surface area contributed by atoms with E-state index in [0.29, 0.717) is 5.59 Å². The third kappa shape index (κ3) is 3.52. The zero-order chi connectivity index (χ0) is 16.9. The van der Waals surface area contributed by atoms with Crippen LogP contribution in [0.5, 0.6) is 5.75 Å². The minimum absolute atomic E-state index is 0.268. The molecule has 0 aromatic heterocycles. The van der Waals surface area contributed by atoms with E-state index in [-0.39, 0.29) is 31.3 Å². The van der Waals surface area contributed by atoms with Crippen molar-refractivity contribution < 1.29 is 4.74 Å². The molecule has 0 spiro atoms. The van der Waals surface area contributed by atoms with E-state index in [2.05, 4.69) is 86.6 Å². The molecule has 1 nitrogen and oxygen atoms in total. The Bertz CT molecular complexity index is 518. The first-order valence-electron chi connectivity index (χ1n) is 8.18. The molecule has 0 fully saturated rings. The SMILES string of the molecule is CC(C)(C)P1c2ccccc2OC1P(C(C)(C)C)C(C)(C)C. The Hall–Kier alpha value is -0.120. The van der Waals surface area contributed by atoms with Gasteiger partial charge in [-0.1, -0.05) is 80.5 Å².